The zero-order chi connectivity index (χ0) is 12.4. The van der Waals surface area contributed by atoms with Gasteiger partial charge in [-0.2, -0.15) is 0 Å². The maximum absolute atomic E-state index is 12.3. The van der Waals surface area contributed by atoms with E-state index in [4.69, 9.17) is 23.2 Å². The van der Waals surface area contributed by atoms with Crippen LogP contribution in [-0.4, -0.2) is 28.4 Å². The van der Waals surface area contributed by atoms with Gasteiger partial charge in [-0.1, -0.05) is 30.1 Å². The van der Waals surface area contributed by atoms with Crippen LogP contribution >= 0.6 is 23.2 Å². The molecule has 1 amide bonds. The summed E-state index contributed by atoms with van der Waals surface area (Å²) in [6.45, 7) is 2.94. The van der Waals surface area contributed by atoms with Crippen LogP contribution in [-0.2, 0) is 0 Å². The second kappa shape index (κ2) is 5.32. The lowest BCUT2D eigenvalue weighted by molar-refractivity contribution is 0.0602. The molecule has 0 aromatic carbocycles. The smallest absolute Gasteiger partial charge is 0.270 e. The maximum Gasteiger partial charge on any atom is 0.270 e. The number of H-pyrrole nitrogens is 1. The number of carbonyl (C=O) groups excluding carboxylic acids is 1. The predicted octanol–water partition coefficient (Wildman–Crippen LogP) is 3.73. The number of hydrogen-bond acceptors (Lipinski definition) is 1. The first-order chi connectivity index (χ1) is 8.13. The van der Waals surface area contributed by atoms with Gasteiger partial charge in [0.1, 0.15) is 10.8 Å². The standard InChI is InChI=1S/C12H16Cl2N2O/c1-2-8-5-3-4-6-16(8)12(17)10-7-9(13)11(14)15-10/h7-8,15H,2-6H2,1H3. The van der Waals surface area contributed by atoms with E-state index in [1.165, 1.54) is 6.42 Å². The third kappa shape index (κ3) is 2.61. The summed E-state index contributed by atoms with van der Waals surface area (Å²) in [6.07, 6.45) is 4.36. The first-order valence-electron chi connectivity index (χ1n) is 5.98. The monoisotopic (exact) mass is 274 g/mol. The van der Waals surface area contributed by atoms with E-state index in [9.17, 15) is 4.79 Å². The molecule has 1 fully saturated rings. The molecule has 0 saturated carbocycles. The Morgan fingerprint density at radius 2 is 2.29 bits per heavy atom. The number of hydrogen-bond donors (Lipinski definition) is 1. The molecule has 2 heterocycles. The Balaban J connectivity index is 2.18. The number of halogens is 2. The topological polar surface area (TPSA) is 36.1 Å². The summed E-state index contributed by atoms with van der Waals surface area (Å²) in [5, 5.41) is 0.736. The van der Waals surface area contributed by atoms with Gasteiger partial charge < -0.3 is 9.88 Å². The molecule has 0 aliphatic carbocycles. The molecular formula is C12H16Cl2N2O. The Morgan fingerprint density at radius 1 is 1.53 bits per heavy atom. The Kier molecular flexibility index (Phi) is 4.00. The molecule has 0 bridgehead atoms. The van der Waals surface area contributed by atoms with Crippen molar-refractivity contribution in [3.63, 3.8) is 0 Å². The van der Waals surface area contributed by atoms with Crippen molar-refractivity contribution in [1.29, 1.82) is 0 Å². The van der Waals surface area contributed by atoms with E-state index in [1.54, 1.807) is 6.07 Å². The van der Waals surface area contributed by atoms with Crippen molar-refractivity contribution >= 4 is 29.1 Å². The molecule has 1 aromatic heterocycles. The minimum atomic E-state index is 0.00495. The fraction of sp³-hybridized carbons (Fsp3) is 0.583. The maximum atomic E-state index is 12.3. The largest absolute Gasteiger partial charge is 0.340 e. The average Bonchev–Trinajstić information content (AvgIpc) is 2.68. The van der Waals surface area contributed by atoms with Crippen molar-refractivity contribution in [1.82, 2.24) is 9.88 Å². The number of carbonyl (C=O) groups is 1. The third-order valence-corrected chi connectivity index (χ3v) is 4.01. The van der Waals surface area contributed by atoms with Crippen LogP contribution in [0, 0.1) is 0 Å². The summed E-state index contributed by atoms with van der Waals surface area (Å²) in [7, 11) is 0. The van der Waals surface area contributed by atoms with Crippen LogP contribution in [0.5, 0.6) is 0 Å². The number of aromatic nitrogens is 1. The van der Waals surface area contributed by atoms with E-state index >= 15 is 0 Å². The van der Waals surface area contributed by atoms with Crippen molar-refractivity contribution < 1.29 is 4.79 Å². The Bertz CT molecular complexity index is 397. The van der Waals surface area contributed by atoms with E-state index in [-0.39, 0.29) is 5.91 Å². The number of piperidine rings is 1. The van der Waals surface area contributed by atoms with E-state index < -0.39 is 0 Å². The summed E-state index contributed by atoms with van der Waals surface area (Å²) in [4.78, 5) is 17.1. The van der Waals surface area contributed by atoms with Crippen LogP contribution in [0.3, 0.4) is 0 Å². The van der Waals surface area contributed by atoms with Crippen LogP contribution in [0.15, 0.2) is 6.07 Å². The first-order valence-corrected chi connectivity index (χ1v) is 6.74. The fourth-order valence-electron chi connectivity index (χ4n) is 2.37. The fourth-order valence-corrected chi connectivity index (χ4v) is 2.68. The lowest BCUT2D eigenvalue weighted by atomic mass is 10.00. The van der Waals surface area contributed by atoms with Crippen LogP contribution < -0.4 is 0 Å². The number of amides is 1. The van der Waals surface area contributed by atoms with Crippen molar-refractivity contribution in [3.05, 3.63) is 21.9 Å². The molecule has 5 heteroatoms. The molecule has 17 heavy (non-hydrogen) atoms. The van der Waals surface area contributed by atoms with Gasteiger partial charge in [-0.3, -0.25) is 4.79 Å². The van der Waals surface area contributed by atoms with Gasteiger partial charge in [0.05, 0.1) is 5.02 Å². The number of aromatic amines is 1. The van der Waals surface area contributed by atoms with E-state index in [1.807, 2.05) is 4.90 Å². The summed E-state index contributed by atoms with van der Waals surface area (Å²) in [5.41, 5.74) is 0.486. The summed E-state index contributed by atoms with van der Waals surface area (Å²) >= 11 is 11.7. The SMILES string of the molecule is CCC1CCCCN1C(=O)c1cc(Cl)c(Cl)[nH]1. The van der Waals surface area contributed by atoms with Gasteiger partial charge in [-0.15, -0.1) is 0 Å². The lowest BCUT2D eigenvalue weighted by Gasteiger charge is -2.34. The molecule has 1 saturated heterocycles. The molecule has 0 radical (unpaired) electrons. The highest BCUT2D eigenvalue weighted by atomic mass is 35.5. The highest BCUT2D eigenvalue weighted by molar-refractivity contribution is 6.41. The van der Waals surface area contributed by atoms with Gasteiger partial charge in [0.25, 0.3) is 5.91 Å². The van der Waals surface area contributed by atoms with Gasteiger partial charge in [0.15, 0.2) is 0 Å². The number of rotatable bonds is 2. The lowest BCUT2D eigenvalue weighted by Crippen LogP contribution is -2.43. The summed E-state index contributed by atoms with van der Waals surface area (Å²) < 4.78 is 0. The predicted molar refractivity (Wildman–Crippen MR) is 69.8 cm³/mol. The minimum absolute atomic E-state index is 0.00495. The quantitative estimate of drug-likeness (QED) is 0.877. The summed E-state index contributed by atoms with van der Waals surface area (Å²) in [5.74, 6) is 0.00495. The Hall–Kier alpha value is -0.670. The molecule has 0 spiro atoms. The van der Waals surface area contributed by atoms with Crippen molar-refractivity contribution in [3.8, 4) is 0 Å². The molecule has 2 rings (SSSR count). The normalized spacial score (nSPS) is 20.6. The van der Waals surface area contributed by atoms with Crippen molar-refractivity contribution in [2.24, 2.45) is 0 Å². The van der Waals surface area contributed by atoms with Crippen molar-refractivity contribution in [2.45, 2.75) is 38.6 Å². The van der Waals surface area contributed by atoms with Gasteiger partial charge in [0.2, 0.25) is 0 Å². The molecule has 1 aromatic rings. The zero-order valence-electron chi connectivity index (χ0n) is 9.80. The zero-order valence-corrected chi connectivity index (χ0v) is 11.3. The molecule has 1 atom stereocenters. The van der Waals surface area contributed by atoms with Crippen LogP contribution in [0.2, 0.25) is 10.2 Å². The molecule has 1 N–H and O–H groups in total. The molecule has 1 aliphatic heterocycles. The van der Waals surface area contributed by atoms with E-state index in [0.717, 1.165) is 25.8 Å². The molecular weight excluding hydrogens is 259 g/mol. The van der Waals surface area contributed by atoms with Crippen LogP contribution in [0.4, 0.5) is 0 Å². The van der Waals surface area contributed by atoms with Crippen LogP contribution in [0.25, 0.3) is 0 Å². The third-order valence-electron chi connectivity index (χ3n) is 3.31. The second-order valence-corrected chi connectivity index (χ2v) is 5.19. The summed E-state index contributed by atoms with van der Waals surface area (Å²) in [6, 6.07) is 1.95. The number of likely N-dealkylation sites (tertiary alicyclic amines) is 1. The Labute approximate surface area is 111 Å². The molecule has 1 aliphatic rings. The number of nitrogens with one attached hydrogen (secondary N) is 1. The first kappa shape index (κ1) is 12.8. The highest BCUT2D eigenvalue weighted by Gasteiger charge is 2.27. The van der Waals surface area contributed by atoms with E-state index in [0.29, 0.717) is 21.9 Å². The second-order valence-electron chi connectivity index (χ2n) is 4.40. The van der Waals surface area contributed by atoms with E-state index in [2.05, 4.69) is 11.9 Å². The Morgan fingerprint density at radius 3 is 2.88 bits per heavy atom. The number of nitrogens with zero attached hydrogens (tertiary/aromatic N) is 1. The van der Waals surface area contributed by atoms with Gasteiger partial charge in [-0.05, 0) is 31.7 Å². The molecule has 1 unspecified atom stereocenters. The van der Waals surface area contributed by atoms with Gasteiger partial charge >= 0.3 is 0 Å². The van der Waals surface area contributed by atoms with Gasteiger partial charge in [-0.25, -0.2) is 0 Å². The van der Waals surface area contributed by atoms with Gasteiger partial charge in [0, 0.05) is 12.6 Å². The molecule has 94 valence electrons. The van der Waals surface area contributed by atoms with Crippen LogP contribution in [0.1, 0.15) is 43.1 Å². The molecule has 3 nitrogen and oxygen atoms in total. The average molecular weight is 275 g/mol. The minimum Gasteiger partial charge on any atom is -0.340 e. The van der Waals surface area contributed by atoms with Crippen molar-refractivity contribution in [2.75, 3.05) is 6.54 Å². The highest BCUT2D eigenvalue weighted by Crippen LogP contribution is 2.25.